The van der Waals surface area contributed by atoms with Gasteiger partial charge in [0, 0.05) is 12.1 Å². The molecular formula is C27H25NO3. The number of hydrogen-bond donors (Lipinski definition) is 2. The van der Waals surface area contributed by atoms with Gasteiger partial charge in [-0.15, -0.1) is 0 Å². The number of aliphatic carboxylic acids is 1. The maximum absolute atomic E-state index is 12.5. The zero-order valence-corrected chi connectivity index (χ0v) is 17.5. The largest absolute Gasteiger partial charge is 0.478 e. The van der Waals surface area contributed by atoms with Gasteiger partial charge in [0.15, 0.2) is 0 Å². The van der Waals surface area contributed by atoms with Crippen LogP contribution < -0.4 is 5.32 Å². The van der Waals surface area contributed by atoms with Crippen molar-refractivity contribution in [2.24, 2.45) is 0 Å². The summed E-state index contributed by atoms with van der Waals surface area (Å²) in [4.78, 5) is 23.5. The van der Waals surface area contributed by atoms with E-state index in [0.29, 0.717) is 18.5 Å². The fourth-order valence-corrected chi connectivity index (χ4v) is 4.06. The summed E-state index contributed by atoms with van der Waals surface area (Å²) >= 11 is 0. The Labute approximate surface area is 182 Å². The van der Waals surface area contributed by atoms with Crippen LogP contribution in [0.25, 0.3) is 17.2 Å². The van der Waals surface area contributed by atoms with Crippen molar-refractivity contribution in [3.63, 3.8) is 0 Å². The van der Waals surface area contributed by atoms with Crippen molar-refractivity contribution in [1.29, 1.82) is 0 Å². The maximum Gasteiger partial charge on any atom is 0.331 e. The maximum atomic E-state index is 12.5. The SMILES string of the molecule is C/C(=C\c1ccc(CCNC(=O)Cc2cccc3c2Cc2ccccc2-3)cc1)C(=O)O. The molecular weight excluding hydrogens is 386 g/mol. The van der Waals surface area contributed by atoms with Gasteiger partial charge in [0.05, 0.1) is 6.42 Å². The highest BCUT2D eigenvalue weighted by Gasteiger charge is 2.21. The summed E-state index contributed by atoms with van der Waals surface area (Å²) in [5, 5.41) is 12.0. The Bertz CT molecular complexity index is 1160. The van der Waals surface area contributed by atoms with Crippen LogP contribution >= 0.6 is 0 Å². The summed E-state index contributed by atoms with van der Waals surface area (Å²) in [7, 11) is 0. The summed E-state index contributed by atoms with van der Waals surface area (Å²) in [5.41, 5.74) is 8.45. The third kappa shape index (κ3) is 4.75. The number of carboxylic acid groups (broad SMARTS) is 1. The van der Waals surface area contributed by atoms with Crippen molar-refractivity contribution in [3.8, 4) is 11.1 Å². The molecule has 4 nitrogen and oxygen atoms in total. The third-order valence-electron chi connectivity index (χ3n) is 5.73. The molecule has 0 spiro atoms. The number of benzene rings is 3. The van der Waals surface area contributed by atoms with Gasteiger partial charge in [0.1, 0.15) is 0 Å². The molecule has 0 radical (unpaired) electrons. The van der Waals surface area contributed by atoms with E-state index in [9.17, 15) is 9.59 Å². The summed E-state index contributed by atoms with van der Waals surface area (Å²) in [6.45, 7) is 2.14. The molecule has 0 aliphatic heterocycles. The summed E-state index contributed by atoms with van der Waals surface area (Å²) in [6.07, 6.45) is 3.64. The quantitative estimate of drug-likeness (QED) is 0.435. The average molecular weight is 412 g/mol. The van der Waals surface area contributed by atoms with E-state index in [1.807, 2.05) is 30.3 Å². The smallest absolute Gasteiger partial charge is 0.331 e. The molecule has 156 valence electrons. The van der Waals surface area contributed by atoms with E-state index in [1.165, 1.54) is 22.3 Å². The first kappa shape index (κ1) is 20.6. The van der Waals surface area contributed by atoms with Gasteiger partial charge in [-0.3, -0.25) is 4.79 Å². The number of carbonyl (C=O) groups excluding carboxylic acids is 1. The van der Waals surface area contributed by atoms with Crippen molar-refractivity contribution in [2.45, 2.75) is 26.2 Å². The van der Waals surface area contributed by atoms with Gasteiger partial charge in [-0.1, -0.05) is 66.7 Å². The van der Waals surface area contributed by atoms with Gasteiger partial charge in [0.25, 0.3) is 0 Å². The molecule has 0 atom stereocenters. The highest BCUT2D eigenvalue weighted by Crippen LogP contribution is 2.38. The van der Waals surface area contributed by atoms with E-state index in [4.69, 9.17) is 5.11 Å². The van der Waals surface area contributed by atoms with Crippen molar-refractivity contribution in [3.05, 3.63) is 100 Å². The van der Waals surface area contributed by atoms with E-state index in [1.54, 1.807) is 13.0 Å². The molecule has 3 aromatic carbocycles. The fraction of sp³-hybridized carbons (Fsp3) is 0.185. The van der Waals surface area contributed by atoms with Crippen molar-refractivity contribution in [2.75, 3.05) is 6.54 Å². The third-order valence-corrected chi connectivity index (χ3v) is 5.73. The molecule has 2 N–H and O–H groups in total. The van der Waals surface area contributed by atoms with Crippen molar-refractivity contribution < 1.29 is 14.7 Å². The van der Waals surface area contributed by atoms with E-state index in [-0.39, 0.29) is 5.91 Å². The van der Waals surface area contributed by atoms with Crippen LogP contribution in [0, 0.1) is 0 Å². The van der Waals surface area contributed by atoms with Crippen LogP contribution in [0.4, 0.5) is 0 Å². The van der Waals surface area contributed by atoms with Crippen molar-refractivity contribution in [1.82, 2.24) is 5.32 Å². The Morgan fingerprint density at radius 1 is 0.968 bits per heavy atom. The zero-order valence-electron chi connectivity index (χ0n) is 17.5. The number of hydrogen-bond acceptors (Lipinski definition) is 2. The standard InChI is InChI=1S/C27H25NO3/c1-18(27(30)31)15-20-11-9-19(10-12-20)13-14-28-26(29)17-22-6-4-8-24-23-7-3-2-5-21(23)16-25(22)24/h2-12,15H,13-14,16-17H2,1H3,(H,28,29)(H,30,31)/b18-15+. The van der Waals surface area contributed by atoms with Gasteiger partial charge >= 0.3 is 5.97 Å². The highest BCUT2D eigenvalue weighted by molar-refractivity contribution is 5.91. The Morgan fingerprint density at radius 3 is 2.48 bits per heavy atom. The second-order valence-corrected chi connectivity index (χ2v) is 7.93. The average Bonchev–Trinajstić information content (AvgIpc) is 3.15. The molecule has 0 aromatic heterocycles. The molecule has 0 saturated carbocycles. The topological polar surface area (TPSA) is 66.4 Å². The number of fused-ring (bicyclic) bond motifs is 3. The molecule has 1 amide bonds. The van der Waals surface area contributed by atoms with Crippen LogP contribution in [0.15, 0.2) is 72.3 Å². The number of carbonyl (C=O) groups is 2. The van der Waals surface area contributed by atoms with Crippen LogP contribution in [-0.2, 0) is 28.9 Å². The summed E-state index contributed by atoms with van der Waals surface area (Å²) in [6, 6.07) is 22.4. The number of nitrogens with one attached hydrogen (secondary N) is 1. The molecule has 0 saturated heterocycles. The molecule has 0 bridgehead atoms. The Morgan fingerprint density at radius 2 is 1.71 bits per heavy atom. The van der Waals surface area contributed by atoms with Gasteiger partial charge in [-0.05, 0) is 64.8 Å². The Balaban J connectivity index is 1.32. The lowest BCUT2D eigenvalue weighted by atomic mass is 9.99. The zero-order chi connectivity index (χ0) is 21.8. The predicted molar refractivity (Wildman–Crippen MR) is 123 cm³/mol. The molecule has 0 heterocycles. The predicted octanol–water partition coefficient (Wildman–Crippen LogP) is 4.65. The highest BCUT2D eigenvalue weighted by atomic mass is 16.4. The lowest BCUT2D eigenvalue weighted by Gasteiger charge is -2.10. The first-order valence-electron chi connectivity index (χ1n) is 10.5. The molecule has 1 aliphatic carbocycles. The van der Waals surface area contributed by atoms with Crippen LogP contribution in [0.1, 0.15) is 34.7 Å². The molecule has 3 aromatic rings. The summed E-state index contributed by atoms with van der Waals surface area (Å²) in [5.74, 6) is -0.888. The minimum atomic E-state index is -0.917. The van der Waals surface area contributed by atoms with Gasteiger partial charge < -0.3 is 10.4 Å². The number of rotatable bonds is 7. The lowest BCUT2D eigenvalue weighted by Crippen LogP contribution is -2.27. The fourth-order valence-electron chi connectivity index (χ4n) is 4.06. The van der Waals surface area contributed by atoms with Gasteiger partial charge in [-0.2, -0.15) is 0 Å². The van der Waals surface area contributed by atoms with Crippen LogP contribution in [0.2, 0.25) is 0 Å². The van der Waals surface area contributed by atoms with E-state index >= 15 is 0 Å². The number of carboxylic acids is 1. The normalized spacial score (nSPS) is 12.2. The molecule has 0 fully saturated rings. The number of amides is 1. The second kappa shape index (κ2) is 9.00. The molecule has 4 rings (SSSR count). The minimum absolute atomic E-state index is 0.0287. The Kier molecular flexibility index (Phi) is 5.99. The van der Waals surface area contributed by atoms with E-state index < -0.39 is 5.97 Å². The summed E-state index contributed by atoms with van der Waals surface area (Å²) < 4.78 is 0. The lowest BCUT2D eigenvalue weighted by molar-refractivity contribution is -0.132. The molecule has 1 aliphatic rings. The van der Waals surface area contributed by atoms with Crippen LogP contribution in [0.5, 0.6) is 0 Å². The van der Waals surface area contributed by atoms with Gasteiger partial charge in [0.2, 0.25) is 5.91 Å². The first-order chi connectivity index (χ1) is 15.0. The first-order valence-corrected chi connectivity index (χ1v) is 10.5. The van der Waals surface area contributed by atoms with E-state index in [2.05, 4.69) is 41.7 Å². The molecule has 4 heteroatoms. The minimum Gasteiger partial charge on any atom is -0.478 e. The van der Waals surface area contributed by atoms with Gasteiger partial charge in [-0.25, -0.2) is 4.79 Å². The monoisotopic (exact) mass is 411 g/mol. The Hall–Kier alpha value is -3.66. The van der Waals surface area contributed by atoms with Crippen LogP contribution in [0.3, 0.4) is 0 Å². The molecule has 31 heavy (non-hydrogen) atoms. The van der Waals surface area contributed by atoms with Crippen molar-refractivity contribution >= 4 is 18.0 Å². The molecule has 0 unspecified atom stereocenters. The van der Waals surface area contributed by atoms with E-state index in [0.717, 1.165) is 29.5 Å². The second-order valence-electron chi connectivity index (χ2n) is 7.93. The van der Waals surface area contributed by atoms with Crippen LogP contribution in [-0.4, -0.2) is 23.5 Å².